The van der Waals surface area contributed by atoms with E-state index in [9.17, 15) is 4.79 Å². The molecule has 8 heteroatoms. The summed E-state index contributed by atoms with van der Waals surface area (Å²) in [4.78, 5) is 19.6. The van der Waals surface area contributed by atoms with E-state index in [-0.39, 0.29) is 5.91 Å². The van der Waals surface area contributed by atoms with E-state index in [4.69, 9.17) is 21.1 Å². The van der Waals surface area contributed by atoms with Gasteiger partial charge in [-0.1, -0.05) is 41.6 Å². The van der Waals surface area contributed by atoms with Gasteiger partial charge in [0.2, 0.25) is 12.7 Å². The molecule has 3 aromatic carbocycles. The molecule has 3 aromatic rings. The highest BCUT2D eigenvalue weighted by Gasteiger charge is 2.19. The summed E-state index contributed by atoms with van der Waals surface area (Å²) in [6.45, 7) is 5.84. The summed E-state index contributed by atoms with van der Waals surface area (Å²) in [5.74, 6) is 1.69. The van der Waals surface area contributed by atoms with Crippen LogP contribution in [0.15, 0.2) is 76.5 Å². The Hall–Kier alpha value is -2.71. The molecule has 35 heavy (non-hydrogen) atoms. The minimum absolute atomic E-state index is 0.0388. The molecule has 2 aliphatic heterocycles. The van der Waals surface area contributed by atoms with Gasteiger partial charge in [-0.2, -0.15) is 0 Å². The van der Waals surface area contributed by atoms with Gasteiger partial charge in [0.05, 0.1) is 5.69 Å². The number of ether oxygens (including phenoxy) is 2. The second kappa shape index (κ2) is 11.4. The number of carbonyl (C=O) groups is 1. The van der Waals surface area contributed by atoms with Gasteiger partial charge in [0, 0.05) is 60.5 Å². The maximum Gasteiger partial charge on any atom is 0.231 e. The number of piperazine rings is 1. The van der Waals surface area contributed by atoms with Crippen LogP contribution in [0.25, 0.3) is 0 Å². The fourth-order valence-corrected chi connectivity index (χ4v) is 5.26. The van der Waals surface area contributed by atoms with Gasteiger partial charge in [0.1, 0.15) is 0 Å². The molecule has 0 bridgehead atoms. The van der Waals surface area contributed by atoms with E-state index >= 15 is 0 Å². The number of para-hydroxylation sites is 1. The highest BCUT2D eigenvalue weighted by atomic mass is 35.5. The third kappa shape index (κ3) is 6.49. The lowest BCUT2D eigenvalue weighted by atomic mass is 10.1. The third-order valence-corrected chi connectivity index (χ3v) is 7.50. The molecule has 6 nitrogen and oxygen atoms in total. The first-order chi connectivity index (χ1) is 17.1. The Balaban J connectivity index is 1.07. The van der Waals surface area contributed by atoms with Crippen LogP contribution >= 0.6 is 23.4 Å². The summed E-state index contributed by atoms with van der Waals surface area (Å²) < 4.78 is 10.9. The van der Waals surface area contributed by atoms with Crippen LogP contribution in [0.5, 0.6) is 11.5 Å². The molecule has 0 spiro atoms. The molecule has 1 N–H and O–H groups in total. The monoisotopic (exact) mass is 509 g/mol. The van der Waals surface area contributed by atoms with Crippen molar-refractivity contribution in [3.8, 4) is 11.5 Å². The van der Waals surface area contributed by atoms with Crippen molar-refractivity contribution in [3.05, 3.63) is 77.3 Å². The van der Waals surface area contributed by atoms with Crippen LogP contribution in [0.3, 0.4) is 0 Å². The van der Waals surface area contributed by atoms with Crippen LogP contribution in [0.4, 0.5) is 5.69 Å². The van der Waals surface area contributed by atoms with Gasteiger partial charge in [-0.15, -0.1) is 0 Å². The second-order valence-corrected chi connectivity index (χ2v) is 10.2. The van der Waals surface area contributed by atoms with Crippen molar-refractivity contribution in [2.45, 2.75) is 22.8 Å². The van der Waals surface area contributed by atoms with Crippen LogP contribution < -0.4 is 14.8 Å². The first kappa shape index (κ1) is 24.0. The Bertz CT molecular complexity index is 1170. The predicted molar refractivity (Wildman–Crippen MR) is 140 cm³/mol. The lowest BCUT2D eigenvalue weighted by Crippen LogP contribution is -2.46. The Morgan fingerprint density at radius 1 is 0.914 bits per heavy atom. The first-order valence-electron chi connectivity index (χ1n) is 11.8. The van der Waals surface area contributed by atoms with Gasteiger partial charge in [0.25, 0.3) is 0 Å². The van der Waals surface area contributed by atoms with Crippen LogP contribution in [0.1, 0.15) is 12.0 Å². The van der Waals surface area contributed by atoms with E-state index in [1.54, 1.807) is 11.8 Å². The average Bonchev–Trinajstić information content (AvgIpc) is 3.34. The summed E-state index contributed by atoms with van der Waals surface area (Å²) in [5, 5.41) is 3.81. The molecular formula is C27H28ClN3O3S. The third-order valence-electron chi connectivity index (χ3n) is 6.17. The number of amides is 1. The number of nitrogens with zero attached hydrogens (tertiary/aromatic N) is 2. The molecular weight excluding hydrogens is 482 g/mol. The Morgan fingerprint density at radius 2 is 1.66 bits per heavy atom. The summed E-state index contributed by atoms with van der Waals surface area (Å²) in [5.41, 5.74) is 2.07. The molecule has 1 saturated heterocycles. The van der Waals surface area contributed by atoms with Gasteiger partial charge in [-0.25, -0.2) is 0 Å². The van der Waals surface area contributed by atoms with Crippen molar-refractivity contribution in [2.75, 3.05) is 44.8 Å². The summed E-state index contributed by atoms with van der Waals surface area (Å²) in [6.07, 6.45) is 0.474. The zero-order valence-electron chi connectivity index (χ0n) is 19.4. The molecule has 1 fully saturated rings. The number of hydrogen-bond donors (Lipinski definition) is 1. The number of fused-ring (bicyclic) bond motifs is 1. The molecule has 1 amide bonds. The maximum absolute atomic E-state index is 12.7. The topological polar surface area (TPSA) is 54.0 Å². The van der Waals surface area contributed by atoms with Crippen molar-refractivity contribution in [1.29, 1.82) is 0 Å². The number of anilines is 1. The largest absolute Gasteiger partial charge is 0.454 e. The van der Waals surface area contributed by atoms with Crippen molar-refractivity contribution in [3.63, 3.8) is 0 Å². The Kier molecular flexibility index (Phi) is 7.79. The van der Waals surface area contributed by atoms with E-state index < -0.39 is 0 Å². The number of benzene rings is 3. The number of rotatable bonds is 8. The van der Waals surface area contributed by atoms with Gasteiger partial charge < -0.3 is 19.7 Å². The van der Waals surface area contributed by atoms with Crippen molar-refractivity contribution in [1.82, 2.24) is 9.80 Å². The van der Waals surface area contributed by atoms with E-state index in [1.807, 2.05) is 54.6 Å². The van der Waals surface area contributed by atoms with Gasteiger partial charge in [-0.05, 0) is 54.1 Å². The van der Waals surface area contributed by atoms with Crippen LogP contribution in [0.2, 0.25) is 5.02 Å². The van der Waals surface area contributed by atoms with Crippen molar-refractivity contribution < 1.29 is 14.3 Å². The van der Waals surface area contributed by atoms with E-state index in [0.29, 0.717) is 18.2 Å². The SMILES string of the molecule is O=C(CCN1CCN(Cc2ccc3c(c2)OCO3)CC1)Nc1ccccc1Sc1ccc(Cl)cc1. The van der Waals surface area contributed by atoms with Gasteiger partial charge >= 0.3 is 0 Å². The van der Waals surface area contributed by atoms with Gasteiger partial charge in [-0.3, -0.25) is 9.69 Å². The first-order valence-corrected chi connectivity index (χ1v) is 13.0. The van der Waals surface area contributed by atoms with Crippen LogP contribution in [-0.4, -0.2) is 55.2 Å². The second-order valence-electron chi connectivity index (χ2n) is 8.66. The quantitative estimate of drug-likeness (QED) is 0.441. The Morgan fingerprint density at radius 3 is 2.49 bits per heavy atom. The molecule has 2 aliphatic rings. The van der Waals surface area contributed by atoms with Crippen molar-refractivity contribution in [2.24, 2.45) is 0 Å². The normalized spacial score (nSPS) is 15.8. The molecule has 0 saturated carbocycles. The standard InChI is InChI=1S/C27H28ClN3O3S/c28-21-6-8-22(9-7-21)35-26-4-2-1-3-23(26)29-27(32)11-12-30-13-15-31(16-14-30)18-20-5-10-24-25(17-20)34-19-33-24/h1-10,17H,11-16,18-19H2,(H,29,32). The molecule has 182 valence electrons. The Labute approximate surface area is 215 Å². The number of nitrogens with one attached hydrogen (secondary N) is 1. The molecule has 0 unspecified atom stereocenters. The fourth-order valence-electron chi connectivity index (χ4n) is 4.23. The zero-order valence-corrected chi connectivity index (χ0v) is 21.0. The number of carbonyl (C=O) groups excluding carboxylic acids is 1. The molecule has 2 heterocycles. The molecule has 0 aromatic heterocycles. The number of halogens is 1. The smallest absolute Gasteiger partial charge is 0.231 e. The van der Waals surface area contributed by atoms with Crippen LogP contribution in [-0.2, 0) is 11.3 Å². The highest BCUT2D eigenvalue weighted by molar-refractivity contribution is 7.99. The number of hydrogen-bond acceptors (Lipinski definition) is 6. The van der Waals surface area contributed by atoms with E-state index in [1.165, 1.54) is 5.56 Å². The average molecular weight is 510 g/mol. The molecule has 0 atom stereocenters. The summed E-state index contributed by atoms with van der Waals surface area (Å²) in [7, 11) is 0. The highest BCUT2D eigenvalue weighted by Crippen LogP contribution is 2.34. The fraction of sp³-hybridized carbons (Fsp3) is 0.296. The minimum Gasteiger partial charge on any atom is -0.454 e. The van der Waals surface area contributed by atoms with E-state index in [0.717, 1.165) is 66.2 Å². The van der Waals surface area contributed by atoms with Crippen molar-refractivity contribution >= 4 is 35.0 Å². The summed E-state index contributed by atoms with van der Waals surface area (Å²) in [6, 6.07) is 21.8. The lowest BCUT2D eigenvalue weighted by Gasteiger charge is -2.34. The lowest BCUT2D eigenvalue weighted by molar-refractivity contribution is -0.116. The van der Waals surface area contributed by atoms with Gasteiger partial charge in [0.15, 0.2) is 11.5 Å². The van der Waals surface area contributed by atoms with Crippen LogP contribution in [0, 0.1) is 0 Å². The summed E-state index contributed by atoms with van der Waals surface area (Å²) >= 11 is 7.61. The molecule has 0 aliphatic carbocycles. The predicted octanol–water partition coefficient (Wildman–Crippen LogP) is 5.37. The zero-order chi connectivity index (χ0) is 24.0. The molecule has 5 rings (SSSR count). The molecule has 0 radical (unpaired) electrons. The minimum atomic E-state index is 0.0388. The van der Waals surface area contributed by atoms with E-state index in [2.05, 4.69) is 27.2 Å². The maximum atomic E-state index is 12.7.